The number of hydrogen-bond acceptors (Lipinski definition) is 2. The van der Waals surface area contributed by atoms with Gasteiger partial charge in [0.1, 0.15) is 0 Å². The van der Waals surface area contributed by atoms with Gasteiger partial charge in [-0.2, -0.15) is 0 Å². The van der Waals surface area contributed by atoms with Gasteiger partial charge in [-0.3, -0.25) is 4.79 Å². The van der Waals surface area contributed by atoms with Gasteiger partial charge in [-0.05, 0) is 43.4 Å². The van der Waals surface area contributed by atoms with Gasteiger partial charge < -0.3 is 15.7 Å². The van der Waals surface area contributed by atoms with Crippen molar-refractivity contribution in [3.63, 3.8) is 0 Å². The van der Waals surface area contributed by atoms with Crippen LogP contribution in [0, 0.1) is 5.92 Å². The molecule has 1 aromatic carbocycles. The third kappa shape index (κ3) is 7.34. The molecule has 0 aliphatic heterocycles. The summed E-state index contributed by atoms with van der Waals surface area (Å²) < 4.78 is 0. The SMILES string of the molecule is CC(C)CCC(C)NC(=O)Nc1ccc(CC(=O)O)cc1. The molecule has 0 saturated carbocycles. The number of carbonyl (C=O) groups excluding carboxylic acids is 1. The smallest absolute Gasteiger partial charge is 0.319 e. The van der Waals surface area contributed by atoms with Gasteiger partial charge in [-0.1, -0.05) is 26.0 Å². The molecule has 0 aliphatic carbocycles. The van der Waals surface area contributed by atoms with Crippen molar-refractivity contribution in [3.05, 3.63) is 29.8 Å². The van der Waals surface area contributed by atoms with E-state index in [0.29, 0.717) is 17.2 Å². The fraction of sp³-hybridized carbons (Fsp3) is 0.500. The molecule has 1 unspecified atom stereocenters. The van der Waals surface area contributed by atoms with Crippen LogP contribution in [0.15, 0.2) is 24.3 Å². The molecule has 0 aliphatic rings. The van der Waals surface area contributed by atoms with Crippen molar-refractivity contribution in [2.24, 2.45) is 5.92 Å². The lowest BCUT2D eigenvalue weighted by molar-refractivity contribution is -0.136. The van der Waals surface area contributed by atoms with E-state index in [-0.39, 0.29) is 18.5 Å². The lowest BCUT2D eigenvalue weighted by Crippen LogP contribution is -2.36. The zero-order valence-electron chi connectivity index (χ0n) is 12.8. The first-order valence-corrected chi connectivity index (χ1v) is 7.25. The Labute approximate surface area is 125 Å². The van der Waals surface area contributed by atoms with Crippen LogP contribution in [0.2, 0.25) is 0 Å². The Morgan fingerprint density at radius 1 is 1.10 bits per heavy atom. The first kappa shape index (κ1) is 17.0. The highest BCUT2D eigenvalue weighted by Crippen LogP contribution is 2.11. The molecule has 1 atom stereocenters. The van der Waals surface area contributed by atoms with Crippen LogP contribution in [-0.2, 0) is 11.2 Å². The summed E-state index contributed by atoms with van der Waals surface area (Å²) in [4.78, 5) is 22.4. The average molecular weight is 292 g/mol. The summed E-state index contributed by atoms with van der Waals surface area (Å²) in [5.41, 5.74) is 1.36. The molecular weight excluding hydrogens is 268 g/mol. The standard InChI is InChI=1S/C16H24N2O3/c1-11(2)4-5-12(3)17-16(21)18-14-8-6-13(7-9-14)10-15(19)20/h6-9,11-12H,4-5,10H2,1-3H3,(H,19,20)(H2,17,18,21). The third-order valence-corrected chi connectivity index (χ3v) is 3.12. The number of carboxylic acids is 1. The molecule has 0 aromatic heterocycles. The van der Waals surface area contributed by atoms with Gasteiger partial charge in [-0.15, -0.1) is 0 Å². The minimum Gasteiger partial charge on any atom is -0.481 e. The van der Waals surface area contributed by atoms with Crippen molar-refractivity contribution in [3.8, 4) is 0 Å². The van der Waals surface area contributed by atoms with E-state index in [9.17, 15) is 9.59 Å². The number of hydrogen-bond donors (Lipinski definition) is 3. The summed E-state index contributed by atoms with van der Waals surface area (Å²) >= 11 is 0. The second-order valence-corrected chi connectivity index (χ2v) is 5.74. The Kier molecular flexibility index (Phi) is 6.72. The van der Waals surface area contributed by atoms with E-state index in [2.05, 4.69) is 24.5 Å². The normalized spacial score (nSPS) is 12.0. The molecule has 0 fully saturated rings. The number of nitrogens with one attached hydrogen (secondary N) is 2. The van der Waals surface area contributed by atoms with Crippen molar-refractivity contribution in [2.45, 2.75) is 46.1 Å². The number of carbonyl (C=O) groups is 2. The maximum absolute atomic E-state index is 11.8. The quantitative estimate of drug-likeness (QED) is 0.721. The van der Waals surface area contributed by atoms with Crippen molar-refractivity contribution >= 4 is 17.7 Å². The van der Waals surface area contributed by atoms with Crippen LogP contribution >= 0.6 is 0 Å². The van der Waals surface area contributed by atoms with Gasteiger partial charge in [0.15, 0.2) is 0 Å². The van der Waals surface area contributed by atoms with E-state index in [1.165, 1.54) is 0 Å². The number of carboxylic acid groups (broad SMARTS) is 1. The number of amides is 2. The topological polar surface area (TPSA) is 78.4 Å². The largest absolute Gasteiger partial charge is 0.481 e. The van der Waals surface area contributed by atoms with E-state index >= 15 is 0 Å². The number of anilines is 1. The zero-order chi connectivity index (χ0) is 15.8. The molecule has 5 heteroatoms. The fourth-order valence-electron chi connectivity index (χ4n) is 1.93. The van der Waals surface area contributed by atoms with Crippen LogP contribution in [-0.4, -0.2) is 23.1 Å². The molecule has 0 radical (unpaired) electrons. The van der Waals surface area contributed by atoms with Crippen LogP contribution < -0.4 is 10.6 Å². The summed E-state index contributed by atoms with van der Waals surface area (Å²) in [6, 6.07) is 6.70. The predicted octanol–water partition coefficient (Wildman–Crippen LogP) is 3.26. The zero-order valence-corrected chi connectivity index (χ0v) is 12.8. The van der Waals surface area contributed by atoms with Gasteiger partial charge >= 0.3 is 12.0 Å². The highest BCUT2D eigenvalue weighted by Gasteiger charge is 2.08. The fourth-order valence-corrected chi connectivity index (χ4v) is 1.93. The molecular formula is C16H24N2O3. The van der Waals surface area contributed by atoms with Crippen molar-refractivity contribution in [1.29, 1.82) is 0 Å². The van der Waals surface area contributed by atoms with Crippen molar-refractivity contribution in [2.75, 3.05) is 5.32 Å². The molecule has 1 rings (SSSR count). The van der Waals surface area contributed by atoms with Gasteiger partial charge in [0.2, 0.25) is 0 Å². The predicted molar refractivity (Wildman–Crippen MR) is 83.5 cm³/mol. The van der Waals surface area contributed by atoms with Crippen LogP contribution in [0.1, 0.15) is 39.2 Å². The van der Waals surface area contributed by atoms with Gasteiger partial charge in [0, 0.05) is 11.7 Å². The molecule has 3 N–H and O–H groups in total. The first-order valence-electron chi connectivity index (χ1n) is 7.25. The molecule has 5 nitrogen and oxygen atoms in total. The van der Waals surface area contributed by atoms with Gasteiger partial charge in [0.25, 0.3) is 0 Å². The van der Waals surface area contributed by atoms with Crippen LogP contribution in [0.5, 0.6) is 0 Å². The van der Waals surface area contributed by atoms with E-state index in [0.717, 1.165) is 12.8 Å². The second kappa shape index (κ2) is 8.29. The molecule has 0 bridgehead atoms. The molecule has 116 valence electrons. The Morgan fingerprint density at radius 2 is 1.71 bits per heavy atom. The third-order valence-electron chi connectivity index (χ3n) is 3.12. The van der Waals surface area contributed by atoms with E-state index in [4.69, 9.17) is 5.11 Å². The lowest BCUT2D eigenvalue weighted by atomic mass is 10.0. The van der Waals surface area contributed by atoms with Crippen LogP contribution in [0.25, 0.3) is 0 Å². The van der Waals surface area contributed by atoms with E-state index < -0.39 is 5.97 Å². The molecule has 2 amide bonds. The van der Waals surface area contributed by atoms with Crippen molar-refractivity contribution < 1.29 is 14.7 Å². The highest BCUT2D eigenvalue weighted by atomic mass is 16.4. The van der Waals surface area contributed by atoms with Crippen molar-refractivity contribution in [1.82, 2.24) is 5.32 Å². The molecule has 0 saturated heterocycles. The van der Waals surface area contributed by atoms with Crippen LogP contribution in [0.4, 0.5) is 10.5 Å². The second-order valence-electron chi connectivity index (χ2n) is 5.74. The van der Waals surface area contributed by atoms with Gasteiger partial charge in [0.05, 0.1) is 6.42 Å². The summed E-state index contributed by atoms with van der Waals surface area (Å²) in [5, 5.41) is 14.3. The molecule has 1 aromatic rings. The summed E-state index contributed by atoms with van der Waals surface area (Å²) in [6.07, 6.45) is 2.01. The minimum atomic E-state index is -0.868. The Balaban J connectivity index is 2.42. The Bertz CT molecular complexity index is 469. The number of aliphatic carboxylic acids is 1. The van der Waals surface area contributed by atoms with Gasteiger partial charge in [-0.25, -0.2) is 4.79 Å². The minimum absolute atomic E-state index is 0.0152. The maximum atomic E-state index is 11.8. The number of rotatable bonds is 7. The monoisotopic (exact) mass is 292 g/mol. The van der Waals surface area contributed by atoms with E-state index in [1.54, 1.807) is 24.3 Å². The number of urea groups is 1. The average Bonchev–Trinajstić information content (AvgIpc) is 2.38. The Morgan fingerprint density at radius 3 is 2.24 bits per heavy atom. The molecule has 0 spiro atoms. The highest BCUT2D eigenvalue weighted by molar-refractivity contribution is 5.89. The molecule has 0 heterocycles. The Hall–Kier alpha value is -2.04. The summed E-state index contributed by atoms with van der Waals surface area (Å²) in [6.45, 7) is 6.30. The summed E-state index contributed by atoms with van der Waals surface area (Å²) in [7, 11) is 0. The van der Waals surface area contributed by atoms with E-state index in [1.807, 2.05) is 6.92 Å². The lowest BCUT2D eigenvalue weighted by Gasteiger charge is -2.15. The molecule has 21 heavy (non-hydrogen) atoms. The maximum Gasteiger partial charge on any atom is 0.319 e. The first-order chi connectivity index (χ1) is 9.86. The van der Waals surface area contributed by atoms with Crippen LogP contribution in [0.3, 0.4) is 0 Å². The number of benzene rings is 1. The summed E-state index contributed by atoms with van der Waals surface area (Å²) in [5.74, 6) is -0.244.